The summed E-state index contributed by atoms with van der Waals surface area (Å²) in [6, 6.07) is 15.9. The lowest BCUT2D eigenvalue weighted by atomic mass is 10.1. The van der Waals surface area contributed by atoms with Crippen LogP contribution in [0.2, 0.25) is 0 Å². The molecule has 0 unspecified atom stereocenters. The minimum atomic E-state index is -3.88. The summed E-state index contributed by atoms with van der Waals surface area (Å²) < 4.78 is 37.5. The number of benzene rings is 2. The molecule has 1 amide bonds. The summed E-state index contributed by atoms with van der Waals surface area (Å²) in [5.74, 6) is 0.627. The number of ether oxygens (including phenoxy) is 1. The van der Waals surface area contributed by atoms with Gasteiger partial charge < -0.3 is 14.6 Å². The van der Waals surface area contributed by atoms with Gasteiger partial charge in [-0.05, 0) is 61.4 Å². The van der Waals surface area contributed by atoms with E-state index in [1.165, 1.54) is 36.4 Å². The number of amides is 1. The number of nitrogens with one attached hydrogen (secondary N) is 2. The second-order valence-corrected chi connectivity index (χ2v) is 8.68. The standard InChI is InChI=1S/C23H22N4O5S/c1-3-12-31-20-8-4-17(5-9-20)14-18(15-24)23(28)25-19-6-10-21(11-7-19)33(29,30)27-22-13-16(2)32-26-22/h4-11,13-14H,3,12H2,1-2H3,(H,25,28)(H,26,27)/b18-14+. The SMILES string of the molecule is CCCOc1ccc(/C=C(\C#N)C(=O)Nc2ccc(S(=O)(=O)Nc3cc(C)on3)cc2)cc1. The zero-order chi connectivity index (χ0) is 23.8. The third-order valence-electron chi connectivity index (χ3n) is 4.32. The summed E-state index contributed by atoms with van der Waals surface area (Å²) in [6.45, 7) is 4.26. The Morgan fingerprint density at radius 1 is 1.18 bits per heavy atom. The topological polar surface area (TPSA) is 134 Å². The van der Waals surface area contributed by atoms with Crippen LogP contribution < -0.4 is 14.8 Å². The molecule has 10 heteroatoms. The zero-order valence-corrected chi connectivity index (χ0v) is 18.8. The molecule has 0 aliphatic heterocycles. The lowest BCUT2D eigenvalue weighted by molar-refractivity contribution is -0.112. The van der Waals surface area contributed by atoms with Crippen LogP contribution in [0.4, 0.5) is 11.5 Å². The molecule has 0 aliphatic carbocycles. The van der Waals surface area contributed by atoms with Gasteiger partial charge in [0.25, 0.3) is 15.9 Å². The maximum atomic E-state index is 12.5. The first-order chi connectivity index (χ1) is 15.8. The lowest BCUT2D eigenvalue weighted by Crippen LogP contribution is -2.15. The van der Waals surface area contributed by atoms with Gasteiger partial charge in [-0.25, -0.2) is 8.42 Å². The van der Waals surface area contributed by atoms with E-state index in [1.54, 1.807) is 31.2 Å². The maximum absolute atomic E-state index is 12.5. The van der Waals surface area contributed by atoms with Gasteiger partial charge in [0.05, 0.1) is 11.5 Å². The van der Waals surface area contributed by atoms with Crippen molar-refractivity contribution in [2.24, 2.45) is 0 Å². The van der Waals surface area contributed by atoms with Crippen molar-refractivity contribution in [2.75, 3.05) is 16.6 Å². The van der Waals surface area contributed by atoms with Gasteiger partial charge in [0.1, 0.15) is 23.2 Å². The fourth-order valence-electron chi connectivity index (χ4n) is 2.72. The highest BCUT2D eigenvalue weighted by Gasteiger charge is 2.17. The Balaban J connectivity index is 1.67. The van der Waals surface area contributed by atoms with Crippen LogP contribution in [0.25, 0.3) is 6.08 Å². The number of rotatable bonds is 9. The van der Waals surface area contributed by atoms with Gasteiger partial charge in [0, 0.05) is 11.8 Å². The fourth-order valence-corrected chi connectivity index (χ4v) is 3.71. The van der Waals surface area contributed by atoms with Gasteiger partial charge in [-0.1, -0.05) is 24.2 Å². The molecular formula is C23H22N4O5S. The van der Waals surface area contributed by atoms with E-state index in [0.29, 0.717) is 29.4 Å². The summed E-state index contributed by atoms with van der Waals surface area (Å²) >= 11 is 0. The summed E-state index contributed by atoms with van der Waals surface area (Å²) in [6.07, 6.45) is 2.35. The zero-order valence-electron chi connectivity index (χ0n) is 18.0. The average Bonchev–Trinajstić information content (AvgIpc) is 3.20. The molecule has 0 bridgehead atoms. The van der Waals surface area contributed by atoms with Crippen LogP contribution in [0, 0.1) is 18.3 Å². The first kappa shape index (κ1) is 23.6. The molecule has 0 aliphatic rings. The Morgan fingerprint density at radius 2 is 1.88 bits per heavy atom. The van der Waals surface area contributed by atoms with Gasteiger partial charge in [-0.3, -0.25) is 9.52 Å². The van der Waals surface area contributed by atoms with Crippen LogP contribution in [0.5, 0.6) is 5.75 Å². The molecule has 0 spiro atoms. The second kappa shape index (κ2) is 10.5. The molecule has 9 nitrogen and oxygen atoms in total. The third-order valence-corrected chi connectivity index (χ3v) is 5.69. The quantitative estimate of drug-likeness (QED) is 0.358. The van der Waals surface area contributed by atoms with Crippen LogP contribution in [0.15, 0.2) is 69.6 Å². The van der Waals surface area contributed by atoms with Crippen LogP contribution in [0.1, 0.15) is 24.7 Å². The van der Waals surface area contributed by atoms with E-state index in [1.807, 2.05) is 13.0 Å². The predicted octanol–water partition coefficient (Wildman–Crippen LogP) is 4.12. The molecule has 2 N–H and O–H groups in total. The molecule has 0 saturated carbocycles. The van der Waals surface area contributed by atoms with Gasteiger partial charge in [-0.15, -0.1) is 0 Å². The summed E-state index contributed by atoms with van der Waals surface area (Å²) in [4.78, 5) is 12.5. The number of carbonyl (C=O) groups is 1. The number of carbonyl (C=O) groups excluding carboxylic acids is 1. The Labute approximate surface area is 191 Å². The Morgan fingerprint density at radius 3 is 2.45 bits per heavy atom. The van der Waals surface area contributed by atoms with Crippen molar-refractivity contribution >= 4 is 33.5 Å². The van der Waals surface area contributed by atoms with E-state index in [4.69, 9.17) is 9.26 Å². The Hall–Kier alpha value is -4.10. The van der Waals surface area contributed by atoms with Crippen LogP contribution in [0.3, 0.4) is 0 Å². The van der Waals surface area contributed by atoms with E-state index >= 15 is 0 Å². The number of anilines is 2. The van der Waals surface area contributed by atoms with Gasteiger partial charge in [0.2, 0.25) is 0 Å². The highest BCUT2D eigenvalue weighted by Crippen LogP contribution is 2.19. The molecule has 1 aromatic heterocycles. The normalized spacial score (nSPS) is 11.5. The first-order valence-electron chi connectivity index (χ1n) is 10.0. The predicted molar refractivity (Wildman–Crippen MR) is 123 cm³/mol. The highest BCUT2D eigenvalue weighted by molar-refractivity contribution is 7.92. The van der Waals surface area contributed by atoms with Gasteiger partial charge >= 0.3 is 0 Å². The Kier molecular flexibility index (Phi) is 7.48. The number of nitriles is 1. The number of aryl methyl sites for hydroxylation is 1. The maximum Gasteiger partial charge on any atom is 0.266 e. The van der Waals surface area contributed by atoms with E-state index in [0.717, 1.165) is 6.42 Å². The number of hydrogen-bond acceptors (Lipinski definition) is 7. The number of hydrogen-bond donors (Lipinski definition) is 2. The van der Waals surface area contributed by atoms with Crippen LogP contribution >= 0.6 is 0 Å². The molecule has 0 radical (unpaired) electrons. The number of aromatic nitrogens is 1. The van der Waals surface area contributed by atoms with Crippen molar-refractivity contribution in [1.82, 2.24) is 5.16 Å². The summed E-state index contributed by atoms with van der Waals surface area (Å²) in [5, 5.41) is 15.6. The molecule has 170 valence electrons. The van der Waals surface area contributed by atoms with E-state index in [9.17, 15) is 18.5 Å². The van der Waals surface area contributed by atoms with Gasteiger partial charge in [-0.2, -0.15) is 5.26 Å². The minimum absolute atomic E-state index is 0.0254. The molecule has 3 aromatic rings. The van der Waals surface area contributed by atoms with E-state index in [-0.39, 0.29) is 16.3 Å². The average molecular weight is 467 g/mol. The molecule has 3 rings (SSSR count). The van der Waals surface area contributed by atoms with Crippen molar-refractivity contribution in [3.8, 4) is 11.8 Å². The van der Waals surface area contributed by atoms with Crippen molar-refractivity contribution in [3.63, 3.8) is 0 Å². The largest absolute Gasteiger partial charge is 0.494 e. The fraction of sp³-hybridized carbons (Fsp3) is 0.174. The molecule has 1 heterocycles. The van der Waals surface area contributed by atoms with E-state index < -0.39 is 15.9 Å². The lowest BCUT2D eigenvalue weighted by Gasteiger charge is -2.08. The molecule has 33 heavy (non-hydrogen) atoms. The smallest absolute Gasteiger partial charge is 0.266 e. The van der Waals surface area contributed by atoms with Gasteiger partial charge in [0.15, 0.2) is 5.82 Å². The highest BCUT2D eigenvalue weighted by atomic mass is 32.2. The molecule has 0 atom stereocenters. The van der Waals surface area contributed by atoms with E-state index in [2.05, 4.69) is 15.2 Å². The first-order valence-corrected chi connectivity index (χ1v) is 11.5. The van der Waals surface area contributed by atoms with Crippen LogP contribution in [-0.2, 0) is 14.8 Å². The molecule has 0 fully saturated rings. The summed E-state index contributed by atoms with van der Waals surface area (Å²) in [5.41, 5.74) is 0.902. The second-order valence-electron chi connectivity index (χ2n) is 6.99. The number of sulfonamides is 1. The Bertz CT molecular complexity index is 1290. The minimum Gasteiger partial charge on any atom is -0.494 e. The van der Waals surface area contributed by atoms with Crippen molar-refractivity contribution in [1.29, 1.82) is 5.26 Å². The van der Waals surface area contributed by atoms with Crippen LogP contribution in [-0.4, -0.2) is 26.1 Å². The molecule has 2 aromatic carbocycles. The number of nitrogens with zero attached hydrogens (tertiary/aromatic N) is 2. The molecular weight excluding hydrogens is 444 g/mol. The molecule has 0 saturated heterocycles. The third kappa shape index (κ3) is 6.44. The van der Waals surface area contributed by atoms with Crippen molar-refractivity contribution in [2.45, 2.75) is 25.2 Å². The van der Waals surface area contributed by atoms with Crippen molar-refractivity contribution in [3.05, 3.63) is 71.5 Å². The summed E-state index contributed by atoms with van der Waals surface area (Å²) in [7, 11) is -3.88. The monoisotopic (exact) mass is 466 g/mol. The van der Waals surface area contributed by atoms with Crippen molar-refractivity contribution < 1.29 is 22.5 Å².